The minimum Gasteiger partial charge on any atom is -0.341 e. The van der Waals surface area contributed by atoms with Crippen molar-refractivity contribution < 1.29 is 4.79 Å². The molecule has 0 bridgehead atoms. The van der Waals surface area contributed by atoms with Crippen molar-refractivity contribution >= 4 is 17.7 Å². The fourth-order valence-electron chi connectivity index (χ4n) is 3.96. The van der Waals surface area contributed by atoms with Crippen LogP contribution in [0.2, 0.25) is 0 Å². The normalized spacial score (nSPS) is 15.2. The van der Waals surface area contributed by atoms with Crippen molar-refractivity contribution in [2.45, 2.75) is 37.9 Å². The number of hydrogen-bond donors (Lipinski definition) is 0. The van der Waals surface area contributed by atoms with Crippen LogP contribution in [0.25, 0.3) is 5.69 Å². The first-order valence-electron chi connectivity index (χ1n) is 11.3. The molecule has 168 valence electrons. The second-order valence-corrected chi connectivity index (χ2v) is 9.46. The van der Waals surface area contributed by atoms with Crippen LogP contribution in [0.1, 0.15) is 37.3 Å². The van der Waals surface area contributed by atoms with Gasteiger partial charge in [0.25, 0.3) is 0 Å². The summed E-state index contributed by atoms with van der Waals surface area (Å²) in [6.45, 7) is 8.82. The lowest BCUT2D eigenvalue weighted by Gasteiger charge is -2.22. The van der Waals surface area contributed by atoms with Crippen molar-refractivity contribution in [1.29, 1.82) is 0 Å². The van der Waals surface area contributed by atoms with Crippen molar-refractivity contribution in [3.63, 3.8) is 0 Å². The molecule has 0 unspecified atom stereocenters. The number of rotatable bonds is 7. The lowest BCUT2D eigenvalue weighted by atomic mass is 10.0. The molecule has 1 aliphatic heterocycles. The van der Waals surface area contributed by atoms with Crippen molar-refractivity contribution in [2.24, 2.45) is 0 Å². The summed E-state index contributed by atoms with van der Waals surface area (Å²) in [7, 11) is 0. The maximum atomic E-state index is 12.9. The molecule has 32 heavy (non-hydrogen) atoms. The van der Waals surface area contributed by atoms with Gasteiger partial charge >= 0.3 is 0 Å². The van der Waals surface area contributed by atoms with Crippen molar-refractivity contribution in [2.75, 3.05) is 31.9 Å². The molecule has 1 saturated heterocycles. The zero-order valence-electron chi connectivity index (χ0n) is 18.9. The average molecular weight is 450 g/mol. The van der Waals surface area contributed by atoms with Gasteiger partial charge in [-0.25, -0.2) is 0 Å². The van der Waals surface area contributed by atoms with Gasteiger partial charge in [0.1, 0.15) is 6.33 Å². The van der Waals surface area contributed by atoms with Crippen LogP contribution in [0.15, 0.2) is 66.1 Å². The van der Waals surface area contributed by atoms with Crippen LogP contribution in [-0.2, 0) is 11.3 Å². The number of thioether (sulfide) groups is 1. The Morgan fingerprint density at radius 2 is 1.78 bits per heavy atom. The van der Waals surface area contributed by atoms with E-state index >= 15 is 0 Å². The Bertz CT molecular complexity index is 1000. The Kier molecular flexibility index (Phi) is 7.60. The third-order valence-corrected chi connectivity index (χ3v) is 6.80. The van der Waals surface area contributed by atoms with Gasteiger partial charge in [0.2, 0.25) is 5.91 Å². The molecule has 2 aromatic carbocycles. The van der Waals surface area contributed by atoms with Crippen LogP contribution in [-0.4, -0.2) is 62.4 Å². The second kappa shape index (κ2) is 10.8. The van der Waals surface area contributed by atoms with E-state index in [1.165, 1.54) is 22.9 Å². The molecule has 1 amide bonds. The smallest absolute Gasteiger partial charge is 0.233 e. The van der Waals surface area contributed by atoms with E-state index in [0.717, 1.165) is 50.0 Å². The Morgan fingerprint density at radius 3 is 2.53 bits per heavy atom. The molecule has 4 rings (SSSR count). The van der Waals surface area contributed by atoms with Crippen LogP contribution in [0, 0.1) is 0 Å². The molecule has 7 heteroatoms. The van der Waals surface area contributed by atoms with Gasteiger partial charge < -0.3 is 4.90 Å². The number of benzene rings is 2. The molecule has 0 atom stereocenters. The van der Waals surface area contributed by atoms with Gasteiger partial charge in [-0.3, -0.25) is 14.3 Å². The van der Waals surface area contributed by atoms with Crippen molar-refractivity contribution in [3.8, 4) is 5.69 Å². The molecule has 6 nitrogen and oxygen atoms in total. The van der Waals surface area contributed by atoms with Crippen LogP contribution in [0.3, 0.4) is 0 Å². The van der Waals surface area contributed by atoms with E-state index in [4.69, 9.17) is 0 Å². The zero-order chi connectivity index (χ0) is 22.3. The van der Waals surface area contributed by atoms with Crippen molar-refractivity contribution in [1.82, 2.24) is 24.6 Å². The lowest BCUT2D eigenvalue weighted by Crippen LogP contribution is -2.36. The monoisotopic (exact) mass is 449 g/mol. The average Bonchev–Trinajstić information content (AvgIpc) is 3.16. The SMILES string of the molecule is CC(C)c1ccc(-n2cnnc2SCC(=O)N2CCCN(Cc3ccccc3)CC2)cc1. The summed E-state index contributed by atoms with van der Waals surface area (Å²) in [5, 5.41) is 9.06. The first-order chi connectivity index (χ1) is 15.6. The summed E-state index contributed by atoms with van der Waals surface area (Å²) in [6, 6.07) is 19.0. The summed E-state index contributed by atoms with van der Waals surface area (Å²) in [4.78, 5) is 17.3. The van der Waals surface area contributed by atoms with Gasteiger partial charge in [-0.15, -0.1) is 10.2 Å². The van der Waals surface area contributed by atoms with Crippen LogP contribution in [0.4, 0.5) is 0 Å². The molecule has 1 fully saturated rings. The summed E-state index contributed by atoms with van der Waals surface area (Å²) in [6.07, 6.45) is 2.71. The van der Waals surface area contributed by atoms with E-state index in [0.29, 0.717) is 11.7 Å². The molecule has 0 saturated carbocycles. The van der Waals surface area contributed by atoms with Gasteiger partial charge in [0.15, 0.2) is 5.16 Å². The fourth-order valence-corrected chi connectivity index (χ4v) is 4.79. The van der Waals surface area contributed by atoms with Crippen LogP contribution in [0.5, 0.6) is 0 Å². The number of hydrogen-bond acceptors (Lipinski definition) is 5. The van der Waals surface area contributed by atoms with Crippen LogP contribution >= 0.6 is 11.8 Å². The minimum atomic E-state index is 0.168. The minimum absolute atomic E-state index is 0.168. The lowest BCUT2D eigenvalue weighted by molar-refractivity contribution is -0.128. The van der Waals surface area contributed by atoms with Gasteiger partial charge in [-0.2, -0.15) is 0 Å². The largest absolute Gasteiger partial charge is 0.341 e. The molecule has 1 aromatic heterocycles. The van der Waals surface area contributed by atoms with Gasteiger partial charge in [0, 0.05) is 38.4 Å². The van der Waals surface area contributed by atoms with Crippen LogP contribution < -0.4 is 0 Å². The first kappa shape index (κ1) is 22.6. The third-order valence-electron chi connectivity index (χ3n) is 5.87. The molecule has 0 aliphatic carbocycles. The van der Waals surface area contributed by atoms with E-state index in [2.05, 4.69) is 77.5 Å². The quantitative estimate of drug-likeness (QED) is 0.506. The molecule has 2 heterocycles. The highest BCUT2D eigenvalue weighted by atomic mass is 32.2. The maximum Gasteiger partial charge on any atom is 0.233 e. The number of amides is 1. The highest BCUT2D eigenvalue weighted by Gasteiger charge is 2.20. The van der Waals surface area contributed by atoms with E-state index in [1.54, 1.807) is 6.33 Å². The number of carbonyl (C=O) groups is 1. The topological polar surface area (TPSA) is 54.3 Å². The summed E-state index contributed by atoms with van der Waals surface area (Å²) < 4.78 is 1.95. The second-order valence-electron chi connectivity index (χ2n) is 8.51. The highest BCUT2D eigenvalue weighted by molar-refractivity contribution is 7.99. The summed E-state index contributed by atoms with van der Waals surface area (Å²) in [5.74, 6) is 1.04. The maximum absolute atomic E-state index is 12.9. The Labute approximate surface area is 194 Å². The Balaban J connectivity index is 1.31. The summed E-state index contributed by atoms with van der Waals surface area (Å²) >= 11 is 1.46. The summed E-state index contributed by atoms with van der Waals surface area (Å²) in [5.41, 5.74) is 3.64. The molecule has 0 radical (unpaired) electrons. The predicted molar refractivity (Wildman–Crippen MR) is 129 cm³/mol. The fraction of sp³-hybridized carbons (Fsp3) is 0.400. The molecule has 3 aromatic rings. The molecular formula is C25H31N5OS. The molecular weight excluding hydrogens is 418 g/mol. The van der Waals surface area contributed by atoms with Gasteiger partial charge in [-0.05, 0) is 35.6 Å². The Morgan fingerprint density at radius 1 is 1.00 bits per heavy atom. The molecule has 0 spiro atoms. The number of nitrogens with zero attached hydrogens (tertiary/aromatic N) is 5. The molecule has 0 N–H and O–H groups in total. The van der Waals surface area contributed by atoms with E-state index in [1.807, 2.05) is 15.5 Å². The van der Waals surface area contributed by atoms with Gasteiger partial charge in [-0.1, -0.05) is 68.1 Å². The highest BCUT2D eigenvalue weighted by Crippen LogP contribution is 2.22. The number of carbonyl (C=O) groups excluding carboxylic acids is 1. The van der Waals surface area contributed by atoms with E-state index in [9.17, 15) is 4.79 Å². The molecule has 1 aliphatic rings. The van der Waals surface area contributed by atoms with Gasteiger partial charge in [0.05, 0.1) is 5.75 Å². The van der Waals surface area contributed by atoms with E-state index < -0.39 is 0 Å². The first-order valence-corrected chi connectivity index (χ1v) is 12.3. The zero-order valence-corrected chi connectivity index (χ0v) is 19.7. The predicted octanol–water partition coefficient (Wildman–Crippen LogP) is 4.22. The standard InChI is InChI=1S/C25H31N5OS/c1-20(2)22-9-11-23(12-10-22)30-19-26-27-25(30)32-18-24(31)29-14-6-13-28(15-16-29)17-21-7-4-3-5-8-21/h3-5,7-12,19-20H,6,13-18H2,1-2H3. The van der Waals surface area contributed by atoms with Crippen molar-refractivity contribution in [3.05, 3.63) is 72.1 Å². The number of aromatic nitrogens is 3. The Hall–Kier alpha value is -2.64. The van der Waals surface area contributed by atoms with E-state index in [-0.39, 0.29) is 5.91 Å². The third kappa shape index (κ3) is 5.78.